The zero-order chi connectivity index (χ0) is 11.5. The maximum atomic E-state index is 12.1. The molecule has 1 rings (SSSR count). The molecule has 1 N–H and O–H groups in total. The summed E-state index contributed by atoms with van der Waals surface area (Å²) in [5.41, 5.74) is -0.512. The fourth-order valence-corrected chi connectivity index (χ4v) is 1.99. The Morgan fingerprint density at radius 1 is 1.60 bits per heavy atom. The third-order valence-corrected chi connectivity index (χ3v) is 2.87. The normalized spacial score (nSPS) is 26.7. The van der Waals surface area contributed by atoms with E-state index in [1.54, 1.807) is 0 Å². The Hall–Kier alpha value is -0.710. The van der Waals surface area contributed by atoms with E-state index in [1.165, 1.54) is 7.05 Å². The minimum atomic E-state index is -2.46. The molecule has 1 saturated heterocycles. The maximum absolute atomic E-state index is 12.1. The van der Waals surface area contributed by atoms with Crippen molar-refractivity contribution in [1.82, 2.24) is 10.2 Å². The molecule has 0 aromatic rings. The van der Waals surface area contributed by atoms with Crippen LogP contribution in [0.2, 0.25) is 0 Å². The van der Waals surface area contributed by atoms with Crippen LogP contribution in [0.4, 0.5) is 8.78 Å². The highest BCUT2D eigenvalue weighted by Crippen LogP contribution is 2.27. The molecule has 0 bridgehead atoms. The summed E-state index contributed by atoms with van der Waals surface area (Å²) in [6, 6.07) is 0. The second-order valence-electron chi connectivity index (χ2n) is 4.42. The molecule has 0 aromatic heterocycles. The van der Waals surface area contributed by atoms with Gasteiger partial charge in [0, 0.05) is 13.6 Å². The Kier molecular flexibility index (Phi) is 4.02. The van der Waals surface area contributed by atoms with Gasteiger partial charge in [-0.15, -0.1) is 0 Å². The number of amides is 1. The van der Waals surface area contributed by atoms with Crippen molar-refractivity contribution in [1.29, 1.82) is 0 Å². The number of halogens is 2. The number of piperidine rings is 1. The molecule has 5 heteroatoms. The number of carbonyl (C=O) groups excluding carboxylic acids is 1. The Labute approximate surface area is 88.8 Å². The lowest BCUT2D eigenvalue weighted by atomic mass is 9.81. The van der Waals surface area contributed by atoms with Crippen molar-refractivity contribution in [3.63, 3.8) is 0 Å². The molecule has 1 unspecified atom stereocenters. The van der Waals surface area contributed by atoms with Gasteiger partial charge in [-0.3, -0.25) is 4.79 Å². The maximum Gasteiger partial charge on any atom is 0.255 e. The van der Waals surface area contributed by atoms with Crippen molar-refractivity contribution in [2.45, 2.75) is 26.2 Å². The zero-order valence-electron chi connectivity index (χ0n) is 9.22. The number of carbonyl (C=O) groups is 1. The van der Waals surface area contributed by atoms with Gasteiger partial charge in [-0.05, 0) is 26.3 Å². The molecule has 1 atom stereocenters. The predicted molar refractivity (Wildman–Crippen MR) is 53.9 cm³/mol. The van der Waals surface area contributed by atoms with Gasteiger partial charge < -0.3 is 10.2 Å². The predicted octanol–water partition coefficient (Wildman–Crippen LogP) is 1.10. The van der Waals surface area contributed by atoms with E-state index >= 15 is 0 Å². The fraction of sp³-hybridized carbons (Fsp3) is 0.900. The second-order valence-corrected chi connectivity index (χ2v) is 4.42. The summed E-state index contributed by atoms with van der Waals surface area (Å²) < 4.78 is 24.3. The van der Waals surface area contributed by atoms with Crippen LogP contribution in [0, 0.1) is 5.41 Å². The van der Waals surface area contributed by atoms with Crippen LogP contribution in [0.5, 0.6) is 0 Å². The van der Waals surface area contributed by atoms with Crippen LogP contribution in [0.1, 0.15) is 19.8 Å². The molecule has 1 aliphatic rings. The van der Waals surface area contributed by atoms with E-state index in [0.717, 1.165) is 24.3 Å². The van der Waals surface area contributed by atoms with Gasteiger partial charge in [0.05, 0.1) is 12.0 Å². The minimum Gasteiger partial charge on any atom is -0.340 e. The van der Waals surface area contributed by atoms with Crippen molar-refractivity contribution in [2.24, 2.45) is 5.41 Å². The number of hydrogen-bond acceptors (Lipinski definition) is 2. The van der Waals surface area contributed by atoms with Crippen molar-refractivity contribution in [3.05, 3.63) is 0 Å². The first kappa shape index (κ1) is 12.4. The third-order valence-electron chi connectivity index (χ3n) is 2.87. The van der Waals surface area contributed by atoms with Crippen LogP contribution in [-0.4, -0.2) is 43.9 Å². The SMILES string of the molecule is CN(CC(F)F)C(=O)C1(C)CCCNC1. The number of hydrogen-bond donors (Lipinski definition) is 1. The lowest BCUT2D eigenvalue weighted by Crippen LogP contribution is -2.50. The van der Waals surface area contributed by atoms with Gasteiger partial charge in [0.1, 0.15) is 0 Å². The summed E-state index contributed by atoms with van der Waals surface area (Å²) in [5, 5.41) is 3.13. The molecule has 0 aliphatic carbocycles. The summed E-state index contributed by atoms with van der Waals surface area (Å²) >= 11 is 0. The Morgan fingerprint density at radius 2 is 2.27 bits per heavy atom. The largest absolute Gasteiger partial charge is 0.340 e. The highest BCUT2D eigenvalue weighted by Gasteiger charge is 2.37. The standard InChI is InChI=1S/C10H18F2N2O/c1-10(4-3-5-13-7-10)9(15)14(2)6-8(11)12/h8,13H,3-7H2,1-2H3. The number of alkyl halides is 2. The van der Waals surface area contributed by atoms with Gasteiger partial charge in [0.2, 0.25) is 5.91 Å². The van der Waals surface area contributed by atoms with Gasteiger partial charge in [-0.1, -0.05) is 0 Å². The zero-order valence-corrected chi connectivity index (χ0v) is 9.22. The number of nitrogens with zero attached hydrogens (tertiary/aromatic N) is 1. The Morgan fingerprint density at radius 3 is 2.73 bits per heavy atom. The van der Waals surface area contributed by atoms with Crippen LogP contribution in [0.25, 0.3) is 0 Å². The molecular formula is C10H18F2N2O. The van der Waals surface area contributed by atoms with Crippen molar-refractivity contribution < 1.29 is 13.6 Å². The van der Waals surface area contributed by atoms with E-state index in [9.17, 15) is 13.6 Å². The van der Waals surface area contributed by atoms with Crippen molar-refractivity contribution >= 4 is 5.91 Å². The number of nitrogens with one attached hydrogen (secondary N) is 1. The molecule has 0 saturated carbocycles. The molecule has 1 amide bonds. The van der Waals surface area contributed by atoms with E-state index in [4.69, 9.17) is 0 Å². The molecule has 1 fully saturated rings. The molecule has 1 aliphatic heterocycles. The molecule has 0 radical (unpaired) electrons. The van der Waals surface area contributed by atoms with E-state index in [1.807, 2.05) is 6.92 Å². The highest BCUT2D eigenvalue weighted by molar-refractivity contribution is 5.82. The Bertz CT molecular complexity index is 227. The first-order valence-corrected chi connectivity index (χ1v) is 5.20. The topological polar surface area (TPSA) is 32.3 Å². The van der Waals surface area contributed by atoms with Crippen LogP contribution in [-0.2, 0) is 4.79 Å². The monoisotopic (exact) mass is 220 g/mol. The van der Waals surface area contributed by atoms with Crippen LogP contribution < -0.4 is 5.32 Å². The van der Waals surface area contributed by atoms with Gasteiger partial charge in [-0.2, -0.15) is 0 Å². The lowest BCUT2D eigenvalue weighted by Gasteiger charge is -2.35. The molecule has 1 heterocycles. The molecule has 88 valence electrons. The molecule has 3 nitrogen and oxygen atoms in total. The van der Waals surface area contributed by atoms with Crippen LogP contribution >= 0.6 is 0 Å². The smallest absolute Gasteiger partial charge is 0.255 e. The average Bonchev–Trinajstić information content (AvgIpc) is 2.16. The van der Waals surface area contributed by atoms with E-state index in [2.05, 4.69) is 5.32 Å². The summed E-state index contributed by atoms with van der Waals surface area (Å²) in [4.78, 5) is 13.0. The number of rotatable bonds is 3. The molecular weight excluding hydrogens is 202 g/mol. The van der Waals surface area contributed by atoms with Gasteiger partial charge in [0.15, 0.2) is 0 Å². The lowest BCUT2D eigenvalue weighted by molar-refractivity contribution is -0.142. The van der Waals surface area contributed by atoms with E-state index in [0.29, 0.717) is 6.54 Å². The van der Waals surface area contributed by atoms with Crippen LogP contribution in [0.3, 0.4) is 0 Å². The van der Waals surface area contributed by atoms with Gasteiger partial charge in [0.25, 0.3) is 6.43 Å². The second kappa shape index (κ2) is 4.88. The van der Waals surface area contributed by atoms with Gasteiger partial charge in [-0.25, -0.2) is 8.78 Å². The van der Waals surface area contributed by atoms with E-state index < -0.39 is 18.4 Å². The minimum absolute atomic E-state index is 0.185. The summed E-state index contributed by atoms with van der Waals surface area (Å²) in [6.45, 7) is 2.85. The van der Waals surface area contributed by atoms with Crippen LogP contribution in [0.15, 0.2) is 0 Å². The first-order valence-electron chi connectivity index (χ1n) is 5.20. The third kappa shape index (κ3) is 3.12. The highest BCUT2D eigenvalue weighted by atomic mass is 19.3. The molecule has 15 heavy (non-hydrogen) atoms. The Balaban J connectivity index is 2.57. The summed E-state index contributed by atoms with van der Waals surface area (Å²) in [7, 11) is 1.44. The summed E-state index contributed by atoms with van der Waals surface area (Å²) in [5.74, 6) is -0.185. The van der Waals surface area contributed by atoms with Gasteiger partial charge >= 0.3 is 0 Å². The van der Waals surface area contributed by atoms with E-state index in [-0.39, 0.29) is 5.91 Å². The average molecular weight is 220 g/mol. The molecule has 0 spiro atoms. The fourth-order valence-electron chi connectivity index (χ4n) is 1.99. The van der Waals surface area contributed by atoms with Crippen molar-refractivity contribution in [2.75, 3.05) is 26.7 Å². The van der Waals surface area contributed by atoms with Crippen molar-refractivity contribution in [3.8, 4) is 0 Å². The quantitative estimate of drug-likeness (QED) is 0.772. The molecule has 0 aromatic carbocycles. The summed E-state index contributed by atoms with van der Waals surface area (Å²) in [6.07, 6.45) is -0.768. The first-order chi connectivity index (χ1) is 6.96.